The van der Waals surface area contributed by atoms with Crippen LogP contribution in [-0.4, -0.2) is 4.98 Å². The van der Waals surface area contributed by atoms with Crippen molar-refractivity contribution in [2.45, 2.75) is 12.4 Å². The lowest BCUT2D eigenvalue weighted by molar-refractivity contribution is -0.138. The van der Waals surface area contributed by atoms with Crippen molar-refractivity contribution in [2.24, 2.45) is 0 Å². The zero-order valence-electron chi connectivity index (χ0n) is 15.6. The average molecular weight is 433 g/mol. The van der Waals surface area contributed by atoms with Crippen LogP contribution in [0.1, 0.15) is 11.1 Å². The van der Waals surface area contributed by atoms with E-state index in [-0.39, 0.29) is 17.3 Å². The molecule has 31 heavy (non-hydrogen) atoms. The van der Waals surface area contributed by atoms with Crippen molar-refractivity contribution in [3.63, 3.8) is 0 Å². The summed E-state index contributed by atoms with van der Waals surface area (Å²) >= 11 is 0. The molecular weight excluding hydrogens is 420 g/mol. The van der Waals surface area contributed by atoms with Crippen molar-refractivity contribution in [3.8, 4) is 34.0 Å². The van der Waals surface area contributed by atoms with Crippen LogP contribution >= 0.6 is 0 Å². The van der Waals surface area contributed by atoms with Crippen LogP contribution in [0.25, 0.3) is 34.0 Å². The van der Waals surface area contributed by atoms with E-state index in [1.54, 1.807) is 30.3 Å². The standard InChI is InChI=1S/C23H13F6NO/c24-22(25,26)17-10-6-14(7-11-17)19-20(15-8-12-18(13-9-15)23(27,28)29)31-21(30-19)16-4-2-1-3-5-16/h1-13H. The Morgan fingerprint density at radius 2 is 1.03 bits per heavy atom. The van der Waals surface area contributed by atoms with Gasteiger partial charge in [-0.3, -0.25) is 0 Å². The summed E-state index contributed by atoms with van der Waals surface area (Å²) in [6.45, 7) is 0. The molecule has 0 bridgehead atoms. The summed E-state index contributed by atoms with van der Waals surface area (Å²) in [5.74, 6) is 0.359. The number of hydrogen-bond acceptors (Lipinski definition) is 2. The molecule has 0 N–H and O–H groups in total. The predicted molar refractivity (Wildman–Crippen MR) is 103 cm³/mol. The molecule has 0 radical (unpaired) electrons. The van der Waals surface area contributed by atoms with Crippen molar-refractivity contribution in [1.29, 1.82) is 0 Å². The Balaban J connectivity index is 1.83. The van der Waals surface area contributed by atoms with E-state index < -0.39 is 23.5 Å². The Labute approximate surface area is 172 Å². The molecule has 0 amide bonds. The highest BCUT2D eigenvalue weighted by Gasteiger charge is 2.31. The molecule has 0 fully saturated rings. The van der Waals surface area contributed by atoms with Crippen LogP contribution in [0.15, 0.2) is 83.3 Å². The summed E-state index contributed by atoms with van der Waals surface area (Å²) in [6.07, 6.45) is -8.99. The van der Waals surface area contributed by atoms with Gasteiger partial charge in [-0.05, 0) is 36.4 Å². The number of aromatic nitrogens is 1. The van der Waals surface area contributed by atoms with Crippen molar-refractivity contribution in [2.75, 3.05) is 0 Å². The fourth-order valence-corrected chi connectivity index (χ4v) is 3.04. The highest BCUT2D eigenvalue weighted by Crippen LogP contribution is 2.38. The molecule has 3 aromatic carbocycles. The second kappa shape index (κ2) is 7.61. The van der Waals surface area contributed by atoms with Crippen LogP contribution in [0.3, 0.4) is 0 Å². The number of halogens is 6. The maximum Gasteiger partial charge on any atom is 0.416 e. The highest BCUT2D eigenvalue weighted by atomic mass is 19.4. The molecule has 0 unspecified atom stereocenters. The number of hydrogen-bond donors (Lipinski definition) is 0. The van der Waals surface area contributed by atoms with Crippen LogP contribution in [0, 0.1) is 0 Å². The number of alkyl halides is 6. The third-order valence-corrected chi connectivity index (χ3v) is 4.61. The van der Waals surface area contributed by atoms with E-state index in [0.717, 1.165) is 24.3 Å². The number of nitrogens with zero attached hydrogens (tertiary/aromatic N) is 1. The van der Waals surface area contributed by atoms with Crippen molar-refractivity contribution >= 4 is 0 Å². The lowest BCUT2D eigenvalue weighted by atomic mass is 10.0. The van der Waals surface area contributed by atoms with Gasteiger partial charge >= 0.3 is 12.4 Å². The molecule has 8 heteroatoms. The maximum atomic E-state index is 12.9. The Kier molecular flexibility index (Phi) is 5.08. The Morgan fingerprint density at radius 1 is 0.548 bits per heavy atom. The first kappa shape index (κ1) is 20.7. The Hall–Kier alpha value is -3.55. The van der Waals surface area contributed by atoms with Crippen LogP contribution in [0.2, 0.25) is 0 Å². The molecule has 0 aliphatic rings. The first-order chi connectivity index (χ1) is 14.6. The quantitative estimate of drug-likeness (QED) is 0.309. The summed E-state index contributed by atoms with van der Waals surface area (Å²) in [6, 6.07) is 17.4. The lowest BCUT2D eigenvalue weighted by Gasteiger charge is -2.08. The SMILES string of the molecule is FC(F)(F)c1ccc(-c2nc(-c3ccccc3)oc2-c2ccc(C(F)(F)F)cc2)cc1. The van der Waals surface area contributed by atoms with Gasteiger partial charge in [0, 0.05) is 16.7 Å². The first-order valence-electron chi connectivity index (χ1n) is 9.04. The second-order valence-corrected chi connectivity index (χ2v) is 6.71. The van der Waals surface area contributed by atoms with Crippen LogP contribution < -0.4 is 0 Å². The topological polar surface area (TPSA) is 26.0 Å². The monoisotopic (exact) mass is 433 g/mol. The van der Waals surface area contributed by atoms with Gasteiger partial charge < -0.3 is 4.42 Å². The van der Waals surface area contributed by atoms with Gasteiger partial charge in [0.05, 0.1) is 11.1 Å². The Bertz CT molecular complexity index is 1100. The Morgan fingerprint density at radius 3 is 1.52 bits per heavy atom. The third-order valence-electron chi connectivity index (χ3n) is 4.61. The van der Waals surface area contributed by atoms with E-state index >= 15 is 0 Å². The third kappa shape index (κ3) is 4.33. The molecule has 4 rings (SSSR count). The van der Waals surface area contributed by atoms with Gasteiger partial charge in [-0.2, -0.15) is 26.3 Å². The average Bonchev–Trinajstić information content (AvgIpc) is 3.19. The predicted octanol–water partition coefficient (Wildman–Crippen LogP) is 7.71. The zero-order chi connectivity index (χ0) is 22.2. The molecule has 4 aromatic rings. The van der Waals surface area contributed by atoms with E-state index in [1.165, 1.54) is 24.3 Å². The van der Waals surface area contributed by atoms with Gasteiger partial charge in [-0.1, -0.05) is 42.5 Å². The smallest absolute Gasteiger partial charge is 0.416 e. The normalized spacial score (nSPS) is 12.2. The van der Waals surface area contributed by atoms with Gasteiger partial charge in [0.1, 0.15) is 5.69 Å². The molecule has 1 aromatic heterocycles. The first-order valence-corrected chi connectivity index (χ1v) is 9.04. The zero-order valence-corrected chi connectivity index (χ0v) is 15.6. The minimum absolute atomic E-state index is 0.160. The second-order valence-electron chi connectivity index (χ2n) is 6.71. The molecular formula is C23H13F6NO. The number of rotatable bonds is 3. The molecule has 158 valence electrons. The molecule has 0 aliphatic carbocycles. The molecule has 0 atom stereocenters. The van der Waals surface area contributed by atoms with E-state index in [0.29, 0.717) is 16.7 Å². The molecule has 1 heterocycles. The minimum Gasteiger partial charge on any atom is -0.435 e. The van der Waals surface area contributed by atoms with Crippen molar-refractivity contribution in [1.82, 2.24) is 4.98 Å². The van der Waals surface area contributed by atoms with Gasteiger partial charge in [0.2, 0.25) is 5.89 Å². The van der Waals surface area contributed by atoms with Crippen LogP contribution in [0.5, 0.6) is 0 Å². The summed E-state index contributed by atoms with van der Waals surface area (Å²) in [5.41, 5.74) is -0.137. The number of benzene rings is 3. The summed E-state index contributed by atoms with van der Waals surface area (Å²) < 4.78 is 83.2. The van der Waals surface area contributed by atoms with Gasteiger partial charge in [-0.25, -0.2) is 4.98 Å². The van der Waals surface area contributed by atoms with Crippen LogP contribution in [-0.2, 0) is 12.4 Å². The van der Waals surface area contributed by atoms with E-state index in [4.69, 9.17) is 4.42 Å². The van der Waals surface area contributed by atoms with Crippen molar-refractivity contribution in [3.05, 3.63) is 90.0 Å². The fourth-order valence-electron chi connectivity index (χ4n) is 3.04. The lowest BCUT2D eigenvalue weighted by Crippen LogP contribution is -2.04. The summed E-state index contributed by atoms with van der Waals surface area (Å²) in [4.78, 5) is 4.42. The molecule has 0 spiro atoms. The van der Waals surface area contributed by atoms with Gasteiger partial charge in [0.25, 0.3) is 0 Å². The van der Waals surface area contributed by atoms with Crippen LogP contribution in [0.4, 0.5) is 26.3 Å². The van der Waals surface area contributed by atoms with E-state index in [2.05, 4.69) is 4.98 Å². The molecule has 2 nitrogen and oxygen atoms in total. The maximum absolute atomic E-state index is 12.9. The molecule has 0 saturated carbocycles. The molecule has 0 aliphatic heterocycles. The summed E-state index contributed by atoms with van der Waals surface area (Å²) in [5, 5.41) is 0. The minimum atomic E-state index is -4.49. The fraction of sp³-hybridized carbons (Fsp3) is 0.0870. The van der Waals surface area contributed by atoms with Crippen molar-refractivity contribution < 1.29 is 30.8 Å². The van der Waals surface area contributed by atoms with E-state index in [1.807, 2.05) is 0 Å². The van der Waals surface area contributed by atoms with E-state index in [9.17, 15) is 26.3 Å². The van der Waals surface area contributed by atoms with Gasteiger partial charge in [-0.15, -0.1) is 0 Å². The van der Waals surface area contributed by atoms with Gasteiger partial charge in [0.15, 0.2) is 5.76 Å². The molecule has 0 saturated heterocycles. The number of oxazole rings is 1. The highest BCUT2D eigenvalue weighted by molar-refractivity contribution is 5.79. The largest absolute Gasteiger partial charge is 0.435 e. The summed E-state index contributed by atoms with van der Waals surface area (Å²) in [7, 11) is 0.